The van der Waals surface area contributed by atoms with Gasteiger partial charge in [0.15, 0.2) is 0 Å². The third-order valence-electron chi connectivity index (χ3n) is 4.39. The zero-order chi connectivity index (χ0) is 17.8. The quantitative estimate of drug-likeness (QED) is 0.903. The van der Waals surface area contributed by atoms with Crippen LogP contribution in [0.25, 0.3) is 0 Å². The molecule has 0 spiro atoms. The van der Waals surface area contributed by atoms with E-state index < -0.39 is 0 Å². The summed E-state index contributed by atoms with van der Waals surface area (Å²) < 4.78 is 19.0. The van der Waals surface area contributed by atoms with Crippen LogP contribution in [0, 0.1) is 5.82 Å². The molecule has 0 radical (unpaired) electrons. The van der Waals surface area contributed by atoms with Crippen molar-refractivity contribution in [2.24, 2.45) is 0 Å². The van der Waals surface area contributed by atoms with Crippen LogP contribution in [0.1, 0.15) is 37.9 Å². The second-order valence-corrected chi connectivity index (χ2v) is 6.73. The van der Waals surface area contributed by atoms with Crippen molar-refractivity contribution in [3.05, 3.63) is 53.7 Å². The van der Waals surface area contributed by atoms with Crippen molar-refractivity contribution in [3.63, 3.8) is 0 Å². The number of aromatic nitrogens is 2. The summed E-state index contributed by atoms with van der Waals surface area (Å²) >= 11 is 0. The van der Waals surface area contributed by atoms with Gasteiger partial charge in [-0.15, -0.1) is 0 Å². The molecule has 0 aliphatic carbocycles. The fourth-order valence-corrected chi connectivity index (χ4v) is 3.13. The van der Waals surface area contributed by atoms with E-state index in [1.54, 1.807) is 6.20 Å². The number of rotatable bonds is 5. The summed E-state index contributed by atoms with van der Waals surface area (Å²) in [6.45, 7) is 8.56. The Balaban J connectivity index is 1.57. The first-order chi connectivity index (χ1) is 12.0. The Kier molecular flexibility index (Phi) is 5.60. The summed E-state index contributed by atoms with van der Waals surface area (Å²) in [4.78, 5) is 10.7. The normalized spacial score (nSPS) is 22.0. The maximum absolute atomic E-state index is 13.3. The molecule has 1 aliphatic rings. The average Bonchev–Trinajstić information content (AvgIpc) is 2.59. The first kappa shape index (κ1) is 17.8. The molecule has 0 bridgehead atoms. The minimum atomic E-state index is -0.314. The van der Waals surface area contributed by atoms with E-state index in [1.807, 2.05) is 13.1 Å². The molecule has 0 amide bonds. The minimum absolute atomic E-state index is 0.0174. The molecule has 1 saturated heterocycles. The lowest BCUT2D eigenvalue weighted by molar-refractivity contribution is -0.00545. The van der Waals surface area contributed by atoms with Crippen molar-refractivity contribution in [1.82, 2.24) is 15.3 Å². The summed E-state index contributed by atoms with van der Waals surface area (Å²) in [7, 11) is 0. The van der Waals surface area contributed by atoms with Crippen LogP contribution in [0.4, 0.5) is 10.2 Å². The van der Waals surface area contributed by atoms with E-state index in [9.17, 15) is 4.39 Å². The van der Waals surface area contributed by atoms with Crippen molar-refractivity contribution >= 4 is 5.82 Å². The Bertz CT molecular complexity index is 684. The third kappa shape index (κ3) is 4.74. The van der Waals surface area contributed by atoms with Crippen molar-refractivity contribution in [2.75, 3.05) is 18.0 Å². The van der Waals surface area contributed by atoms with Gasteiger partial charge in [0, 0.05) is 38.1 Å². The molecule has 3 heterocycles. The topological polar surface area (TPSA) is 50.3 Å². The molecule has 0 aromatic carbocycles. The van der Waals surface area contributed by atoms with E-state index in [-0.39, 0.29) is 24.1 Å². The highest BCUT2D eigenvalue weighted by molar-refractivity contribution is 5.40. The monoisotopic (exact) mass is 344 g/mol. The van der Waals surface area contributed by atoms with Crippen LogP contribution in [-0.4, -0.2) is 35.3 Å². The number of anilines is 1. The SMILES string of the molecule is C[C@@H]1CN(c2ccc(CN[C@@H](C)c3cncc(F)c3)cn2)C[C@@H](C)O1. The van der Waals surface area contributed by atoms with Crippen molar-refractivity contribution in [2.45, 2.75) is 45.6 Å². The fraction of sp³-hybridized carbons (Fsp3) is 0.474. The van der Waals surface area contributed by atoms with Crippen LogP contribution in [0.3, 0.4) is 0 Å². The molecular weight excluding hydrogens is 319 g/mol. The van der Waals surface area contributed by atoms with Gasteiger partial charge in [-0.25, -0.2) is 9.37 Å². The Morgan fingerprint density at radius 1 is 1.24 bits per heavy atom. The van der Waals surface area contributed by atoms with Crippen LogP contribution >= 0.6 is 0 Å². The van der Waals surface area contributed by atoms with Gasteiger partial charge < -0.3 is 15.0 Å². The summed E-state index contributed by atoms with van der Waals surface area (Å²) in [6, 6.07) is 5.66. The van der Waals surface area contributed by atoms with Gasteiger partial charge in [0.2, 0.25) is 0 Å². The van der Waals surface area contributed by atoms with Gasteiger partial charge in [-0.05, 0) is 44.0 Å². The molecule has 0 saturated carbocycles. The lowest BCUT2D eigenvalue weighted by atomic mass is 10.1. The molecule has 2 aromatic rings. The van der Waals surface area contributed by atoms with Gasteiger partial charge in [0.1, 0.15) is 11.6 Å². The molecule has 1 fully saturated rings. The average molecular weight is 344 g/mol. The molecule has 134 valence electrons. The zero-order valence-electron chi connectivity index (χ0n) is 14.9. The fourth-order valence-electron chi connectivity index (χ4n) is 3.13. The van der Waals surface area contributed by atoms with E-state index in [1.165, 1.54) is 12.3 Å². The number of morpholine rings is 1. The lowest BCUT2D eigenvalue weighted by Crippen LogP contribution is -2.45. The van der Waals surface area contributed by atoms with Gasteiger partial charge in [-0.1, -0.05) is 6.07 Å². The molecule has 6 heteroatoms. The van der Waals surface area contributed by atoms with Crippen molar-refractivity contribution in [3.8, 4) is 0 Å². The van der Waals surface area contributed by atoms with E-state index >= 15 is 0 Å². The standard InChI is InChI=1S/C19H25FN4O/c1-13-11-24(12-14(2)25-13)19-5-4-16(8-23-19)7-22-15(3)17-6-18(20)10-21-9-17/h4-6,8-10,13-15,22H,7,11-12H2,1-3H3/t13-,14-,15+/m1/s1. The molecule has 3 atom stereocenters. The van der Waals surface area contributed by atoms with E-state index in [0.717, 1.165) is 30.0 Å². The summed E-state index contributed by atoms with van der Waals surface area (Å²) in [6.07, 6.45) is 5.22. The first-order valence-electron chi connectivity index (χ1n) is 8.70. The minimum Gasteiger partial charge on any atom is -0.372 e. The molecular formula is C19H25FN4O. The predicted octanol–water partition coefficient (Wildman–Crippen LogP) is 3.08. The molecule has 1 N–H and O–H groups in total. The van der Waals surface area contributed by atoms with Crippen LogP contribution in [-0.2, 0) is 11.3 Å². The maximum atomic E-state index is 13.3. The van der Waals surface area contributed by atoms with E-state index in [2.05, 4.69) is 46.2 Å². The van der Waals surface area contributed by atoms with E-state index in [4.69, 9.17) is 4.74 Å². The Morgan fingerprint density at radius 2 is 2.00 bits per heavy atom. The smallest absolute Gasteiger partial charge is 0.141 e. The van der Waals surface area contributed by atoms with Crippen molar-refractivity contribution < 1.29 is 9.13 Å². The Morgan fingerprint density at radius 3 is 2.64 bits per heavy atom. The highest BCUT2D eigenvalue weighted by Gasteiger charge is 2.22. The van der Waals surface area contributed by atoms with Crippen LogP contribution in [0.5, 0.6) is 0 Å². The van der Waals surface area contributed by atoms with Crippen LogP contribution < -0.4 is 10.2 Å². The Labute approximate surface area is 148 Å². The number of nitrogens with one attached hydrogen (secondary N) is 1. The number of pyridine rings is 2. The Hall–Kier alpha value is -2.05. The van der Waals surface area contributed by atoms with Gasteiger partial charge in [-0.2, -0.15) is 0 Å². The van der Waals surface area contributed by atoms with Gasteiger partial charge in [-0.3, -0.25) is 4.98 Å². The zero-order valence-corrected chi connectivity index (χ0v) is 14.9. The van der Waals surface area contributed by atoms with Gasteiger partial charge in [0.05, 0.1) is 18.4 Å². The molecule has 25 heavy (non-hydrogen) atoms. The molecule has 3 rings (SSSR count). The second kappa shape index (κ2) is 7.89. The first-order valence-corrected chi connectivity index (χ1v) is 8.70. The molecule has 5 nitrogen and oxygen atoms in total. The summed E-state index contributed by atoms with van der Waals surface area (Å²) in [5, 5.41) is 3.38. The van der Waals surface area contributed by atoms with E-state index in [0.29, 0.717) is 6.54 Å². The number of ether oxygens (including phenoxy) is 1. The van der Waals surface area contributed by atoms with Crippen LogP contribution in [0.15, 0.2) is 36.8 Å². The van der Waals surface area contributed by atoms with Gasteiger partial charge >= 0.3 is 0 Å². The molecule has 2 aromatic heterocycles. The van der Waals surface area contributed by atoms with Crippen LogP contribution in [0.2, 0.25) is 0 Å². The number of hydrogen-bond donors (Lipinski definition) is 1. The predicted molar refractivity (Wildman–Crippen MR) is 95.9 cm³/mol. The largest absolute Gasteiger partial charge is 0.372 e. The summed E-state index contributed by atoms with van der Waals surface area (Å²) in [5.74, 6) is 0.666. The molecule has 1 aliphatic heterocycles. The van der Waals surface area contributed by atoms with Crippen molar-refractivity contribution in [1.29, 1.82) is 0 Å². The number of nitrogens with zero attached hydrogens (tertiary/aromatic N) is 3. The number of halogens is 1. The maximum Gasteiger partial charge on any atom is 0.141 e. The highest BCUT2D eigenvalue weighted by atomic mass is 19.1. The summed E-state index contributed by atoms with van der Waals surface area (Å²) in [5.41, 5.74) is 1.93. The lowest BCUT2D eigenvalue weighted by Gasteiger charge is -2.36. The highest BCUT2D eigenvalue weighted by Crippen LogP contribution is 2.19. The third-order valence-corrected chi connectivity index (χ3v) is 4.39. The molecule has 0 unspecified atom stereocenters. The number of hydrogen-bond acceptors (Lipinski definition) is 5. The van der Waals surface area contributed by atoms with Gasteiger partial charge in [0.25, 0.3) is 0 Å². The second-order valence-electron chi connectivity index (χ2n) is 6.73.